The highest BCUT2D eigenvalue weighted by Crippen LogP contribution is 2.26. The summed E-state index contributed by atoms with van der Waals surface area (Å²) < 4.78 is 0. The van der Waals surface area contributed by atoms with E-state index < -0.39 is 0 Å². The molecule has 0 saturated heterocycles. The van der Waals surface area contributed by atoms with Gasteiger partial charge in [-0.2, -0.15) is 22.0 Å². The lowest BCUT2D eigenvalue weighted by Gasteiger charge is -2.16. The van der Waals surface area contributed by atoms with E-state index in [4.69, 9.17) is 0 Å². The van der Waals surface area contributed by atoms with Crippen LogP contribution in [-0.2, 0) is 0 Å². The Morgan fingerprint density at radius 3 is 1.36 bits per heavy atom. The Bertz CT molecular complexity index is 387. The number of unbranched alkanes of at least 4 members (excludes halogenated alkanes) is 13. The van der Waals surface area contributed by atoms with Crippen molar-refractivity contribution < 1.29 is 0 Å². The minimum Gasteiger partial charge on any atom is -0.194 e. The van der Waals surface area contributed by atoms with Crippen LogP contribution in [0.3, 0.4) is 0 Å². The van der Waals surface area contributed by atoms with Gasteiger partial charge in [0.25, 0.3) is 0 Å². The van der Waals surface area contributed by atoms with Crippen LogP contribution in [0.2, 0.25) is 0 Å². The summed E-state index contributed by atoms with van der Waals surface area (Å²) in [5.74, 6) is 1.33. The molecule has 0 radical (unpaired) electrons. The van der Waals surface area contributed by atoms with Gasteiger partial charge in [0.15, 0.2) is 0 Å². The SMILES string of the molecule is CCCCCCCCCCCCCCCN=NCCCCSC1CCCCCCCCCC1. The van der Waals surface area contributed by atoms with Crippen LogP contribution >= 0.6 is 11.8 Å². The van der Waals surface area contributed by atoms with Crippen molar-refractivity contribution in [2.45, 2.75) is 173 Å². The molecule has 1 aliphatic carbocycles. The number of thioether (sulfide) groups is 1. The highest BCUT2D eigenvalue weighted by Gasteiger charge is 2.10. The van der Waals surface area contributed by atoms with Gasteiger partial charge in [-0.3, -0.25) is 0 Å². The molecule has 33 heavy (non-hydrogen) atoms. The van der Waals surface area contributed by atoms with Crippen molar-refractivity contribution in [3.8, 4) is 0 Å². The minimum atomic E-state index is 0.931. The Kier molecular flexibility index (Phi) is 24.9. The van der Waals surface area contributed by atoms with E-state index in [0.29, 0.717) is 0 Å². The molecule has 196 valence electrons. The number of hydrogen-bond donors (Lipinski definition) is 0. The molecule has 0 aromatic heterocycles. The summed E-state index contributed by atoms with van der Waals surface area (Å²) in [7, 11) is 0. The van der Waals surface area contributed by atoms with Crippen LogP contribution in [0.5, 0.6) is 0 Å². The Balaban J connectivity index is 1.80. The summed E-state index contributed by atoms with van der Waals surface area (Å²) in [4.78, 5) is 0. The van der Waals surface area contributed by atoms with E-state index in [-0.39, 0.29) is 0 Å². The summed E-state index contributed by atoms with van der Waals surface area (Å²) in [6.07, 6.45) is 35.6. The van der Waals surface area contributed by atoms with Crippen molar-refractivity contribution in [3.05, 3.63) is 0 Å². The third kappa shape index (κ3) is 23.5. The van der Waals surface area contributed by atoms with E-state index in [1.807, 2.05) is 0 Å². The smallest absolute Gasteiger partial charge is 0.0599 e. The summed E-state index contributed by atoms with van der Waals surface area (Å²) in [6.45, 7) is 4.20. The topological polar surface area (TPSA) is 24.7 Å². The van der Waals surface area contributed by atoms with Crippen molar-refractivity contribution in [2.24, 2.45) is 10.2 Å². The second-order valence-electron chi connectivity index (χ2n) is 10.6. The molecule has 1 saturated carbocycles. The molecule has 0 aliphatic heterocycles. The molecule has 2 nitrogen and oxygen atoms in total. The Morgan fingerprint density at radius 2 is 0.879 bits per heavy atom. The molecule has 3 heteroatoms. The molecule has 0 N–H and O–H groups in total. The van der Waals surface area contributed by atoms with E-state index in [2.05, 4.69) is 28.9 Å². The molecule has 1 aliphatic rings. The monoisotopic (exact) mass is 480 g/mol. The molecular formula is C30H60N2S. The maximum absolute atomic E-state index is 4.43. The fraction of sp³-hybridized carbons (Fsp3) is 1.00. The summed E-state index contributed by atoms with van der Waals surface area (Å²) in [6, 6.07) is 0. The molecule has 1 fully saturated rings. The predicted molar refractivity (Wildman–Crippen MR) is 152 cm³/mol. The van der Waals surface area contributed by atoms with E-state index in [0.717, 1.165) is 18.3 Å². The average molecular weight is 481 g/mol. The van der Waals surface area contributed by atoms with Crippen molar-refractivity contribution in [1.82, 2.24) is 0 Å². The van der Waals surface area contributed by atoms with Crippen LogP contribution in [0, 0.1) is 0 Å². The second kappa shape index (κ2) is 26.6. The zero-order chi connectivity index (χ0) is 23.5. The summed E-state index contributed by atoms with van der Waals surface area (Å²) in [5.41, 5.74) is 0. The third-order valence-corrected chi connectivity index (χ3v) is 8.74. The highest BCUT2D eigenvalue weighted by atomic mass is 32.2. The lowest BCUT2D eigenvalue weighted by Crippen LogP contribution is -2.04. The van der Waals surface area contributed by atoms with Crippen LogP contribution in [0.25, 0.3) is 0 Å². The van der Waals surface area contributed by atoms with Gasteiger partial charge in [-0.1, -0.05) is 135 Å². The number of nitrogens with zero attached hydrogens (tertiary/aromatic N) is 2. The van der Waals surface area contributed by atoms with Crippen molar-refractivity contribution in [2.75, 3.05) is 18.8 Å². The first-order valence-corrected chi connectivity index (χ1v) is 16.4. The quantitative estimate of drug-likeness (QED) is 0.125. The number of azo groups is 1. The molecule has 0 aromatic carbocycles. The number of hydrogen-bond acceptors (Lipinski definition) is 3. The van der Waals surface area contributed by atoms with Crippen LogP contribution in [0.15, 0.2) is 10.2 Å². The molecule has 0 bridgehead atoms. The maximum atomic E-state index is 4.43. The first-order valence-electron chi connectivity index (χ1n) is 15.4. The van der Waals surface area contributed by atoms with Gasteiger partial charge in [0.1, 0.15) is 0 Å². The number of rotatable bonds is 20. The van der Waals surface area contributed by atoms with Gasteiger partial charge >= 0.3 is 0 Å². The molecule has 0 aromatic rings. The van der Waals surface area contributed by atoms with E-state index in [9.17, 15) is 0 Å². The van der Waals surface area contributed by atoms with Gasteiger partial charge in [-0.25, -0.2) is 0 Å². The lowest BCUT2D eigenvalue weighted by atomic mass is 10.0. The molecule has 0 atom stereocenters. The minimum absolute atomic E-state index is 0.931. The summed E-state index contributed by atoms with van der Waals surface area (Å²) >= 11 is 2.26. The Hall–Kier alpha value is -0.0500. The third-order valence-electron chi connectivity index (χ3n) is 7.27. The van der Waals surface area contributed by atoms with Gasteiger partial charge < -0.3 is 0 Å². The van der Waals surface area contributed by atoms with Crippen LogP contribution in [-0.4, -0.2) is 24.1 Å². The van der Waals surface area contributed by atoms with Gasteiger partial charge in [0.05, 0.1) is 13.1 Å². The fourth-order valence-corrected chi connectivity index (χ4v) is 6.36. The van der Waals surface area contributed by atoms with Gasteiger partial charge in [-0.05, 0) is 37.9 Å². The van der Waals surface area contributed by atoms with Crippen molar-refractivity contribution in [3.63, 3.8) is 0 Å². The normalized spacial score (nSPS) is 16.9. The van der Waals surface area contributed by atoms with E-state index in [1.54, 1.807) is 0 Å². The zero-order valence-electron chi connectivity index (χ0n) is 22.7. The zero-order valence-corrected chi connectivity index (χ0v) is 23.5. The first-order chi connectivity index (χ1) is 16.4. The molecule has 0 amide bonds. The summed E-state index contributed by atoms with van der Waals surface area (Å²) in [5, 5.41) is 9.77. The molecule has 0 heterocycles. The van der Waals surface area contributed by atoms with Crippen LogP contribution in [0.1, 0.15) is 167 Å². The van der Waals surface area contributed by atoms with Crippen LogP contribution < -0.4 is 0 Å². The fourth-order valence-electron chi connectivity index (χ4n) is 4.99. The Labute approximate surface area is 213 Å². The van der Waals surface area contributed by atoms with Gasteiger partial charge in [0.2, 0.25) is 0 Å². The Morgan fingerprint density at radius 1 is 0.485 bits per heavy atom. The van der Waals surface area contributed by atoms with Crippen LogP contribution in [0.4, 0.5) is 0 Å². The van der Waals surface area contributed by atoms with Crippen molar-refractivity contribution >= 4 is 11.8 Å². The standard InChI is InChI=1S/C30H60N2S/c1-2-3-4-5-6-7-8-9-10-13-16-19-22-27-31-32-28-23-24-29-33-30-25-20-17-14-11-12-15-18-21-26-30/h30H,2-29H2,1H3. The van der Waals surface area contributed by atoms with E-state index in [1.165, 1.54) is 166 Å². The highest BCUT2D eigenvalue weighted by molar-refractivity contribution is 7.99. The lowest BCUT2D eigenvalue weighted by molar-refractivity contribution is 0.539. The maximum Gasteiger partial charge on any atom is 0.0599 e. The predicted octanol–water partition coefficient (Wildman–Crippen LogP) is 11.3. The molecule has 1 rings (SSSR count). The van der Waals surface area contributed by atoms with E-state index >= 15 is 0 Å². The first kappa shape index (κ1) is 31.0. The second-order valence-corrected chi connectivity index (χ2v) is 12.0. The molecule has 0 spiro atoms. The average Bonchev–Trinajstić information content (AvgIpc) is 2.89. The van der Waals surface area contributed by atoms with Gasteiger partial charge in [-0.15, -0.1) is 0 Å². The largest absolute Gasteiger partial charge is 0.194 e. The van der Waals surface area contributed by atoms with Crippen molar-refractivity contribution in [1.29, 1.82) is 0 Å². The molecular weight excluding hydrogens is 420 g/mol. The van der Waals surface area contributed by atoms with Gasteiger partial charge in [0, 0.05) is 5.25 Å². The molecule has 0 unspecified atom stereocenters.